The van der Waals surface area contributed by atoms with Crippen LogP contribution in [-0.2, 0) is 0 Å². The standard InChI is InChI=1S/C20H21ClFN3O4/c1-10-9-29-19-16-12(18(26)13(20(27)28)8-25(10)16)5-15(22)17(19)24-4-2-3-11(7-24)14(21)6-23/h5,8,10H,2-4,6-7,9,23H2,1H3,(H,27,28)/t10-/m0/s1. The normalized spacial score (nSPS) is 20.6. The molecule has 1 fully saturated rings. The Morgan fingerprint density at radius 3 is 2.93 bits per heavy atom. The molecular formula is C20H21ClFN3O4. The molecule has 3 N–H and O–H groups in total. The van der Waals surface area contributed by atoms with E-state index in [4.69, 9.17) is 22.1 Å². The van der Waals surface area contributed by atoms with Crippen LogP contribution in [0, 0.1) is 5.82 Å². The highest BCUT2D eigenvalue weighted by molar-refractivity contribution is 6.30. The zero-order chi connectivity index (χ0) is 20.9. The van der Waals surface area contributed by atoms with Crippen LogP contribution < -0.4 is 20.8 Å². The molecule has 1 aromatic heterocycles. The van der Waals surface area contributed by atoms with Crippen LogP contribution in [0.5, 0.6) is 5.75 Å². The molecule has 3 heterocycles. The summed E-state index contributed by atoms with van der Waals surface area (Å²) in [7, 11) is 0. The topological polar surface area (TPSA) is 97.8 Å². The zero-order valence-electron chi connectivity index (χ0n) is 15.9. The lowest BCUT2D eigenvalue weighted by Gasteiger charge is -2.35. The molecule has 0 bridgehead atoms. The van der Waals surface area contributed by atoms with Crippen LogP contribution in [0.15, 0.2) is 27.7 Å². The Kier molecular flexibility index (Phi) is 5.00. The van der Waals surface area contributed by atoms with Crippen molar-refractivity contribution >= 4 is 34.2 Å². The maximum Gasteiger partial charge on any atom is 0.341 e. The number of piperidine rings is 1. The molecule has 29 heavy (non-hydrogen) atoms. The number of rotatable bonds is 3. The van der Waals surface area contributed by atoms with Gasteiger partial charge in [0, 0.05) is 30.9 Å². The highest BCUT2D eigenvalue weighted by atomic mass is 35.5. The van der Waals surface area contributed by atoms with Crippen molar-refractivity contribution in [1.82, 2.24) is 4.57 Å². The van der Waals surface area contributed by atoms with Gasteiger partial charge in [0.2, 0.25) is 5.43 Å². The summed E-state index contributed by atoms with van der Waals surface area (Å²) in [6.45, 7) is 3.33. The van der Waals surface area contributed by atoms with Gasteiger partial charge in [-0.25, -0.2) is 9.18 Å². The van der Waals surface area contributed by atoms with Crippen LogP contribution in [-0.4, -0.2) is 41.9 Å². The summed E-state index contributed by atoms with van der Waals surface area (Å²) in [5.41, 5.74) is 6.17. The van der Waals surface area contributed by atoms with Gasteiger partial charge in [0.25, 0.3) is 0 Å². The van der Waals surface area contributed by atoms with E-state index in [1.165, 1.54) is 6.20 Å². The summed E-state index contributed by atoms with van der Waals surface area (Å²) in [5.74, 6) is -1.71. The lowest BCUT2D eigenvalue weighted by Crippen LogP contribution is -2.34. The molecule has 7 nitrogen and oxygen atoms in total. The first-order valence-electron chi connectivity index (χ1n) is 9.42. The number of aromatic nitrogens is 1. The molecule has 4 rings (SSSR count). The SMILES string of the molecule is C[C@H]1COc2c(N3CCCC(=C(Cl)CN)C3)c(F)cc3c(=O)c(C(=O)O)cn1c23. The Balaban J connectivity index is 1.97. The third-order valence-corrected chi connectivity index (χ3v) is 5.96. The van der Waals surface area contributed by atoms with Crippen LogP contribution in [0.25, 0.3) is 10.9 Å². The minimum Gasteiger partial charge on any atom is -0.487 e. The Morgan fingerprint density at radius 1 is 1.48 bits per heavy atom. The highest BCUT2D eigenvalue weighted by Crippen LogP contribution is 2.43. The fraction of sp³-hybridized carbons (Fsp3) is 0.400. The van der Waals surface area contributed by atoms with E-state index in [9.17, 15) is 14.7 Å². The highest BCUT2D eigenvalue weighted by Gasteiger charge is 2.31. The summed E-state index contributed by atoms with van der Waals surface area (Å²) in [4.78, 5) is 26.0. The van der Waals surface area contributed by atoms with Gasteiger partial charge < -0.3 is 25.0 Å². The average Bonchev–Trinajstić information content (AvgIpc) is 2.71. The van der Waals surface area contributed by atoms with E-state index < -0.39 is 17.2 Å². The van der Waals surface area contributed by atoms with Crippen molar-refractivity contribution in [3.05, 3.63) is 44.5 Å². The van der Waals surface area contributed by atoms with Crippen molar-refractivity contribution < 1.29 is 19.0 Å². The molecule has 1 atom stereocenters. The van der Waals surface area contributed by atoms with Gasteiger partial charge in [0.15, 0.2) is 11.6 Å². The summed E-state index contributed by atoms with van der Waals surface area (Å²) in [5, 5.41) is 9.95. The number of benzene rings is 1. The zero-order valence-corrected chi connectivity index (χ0v) is 16.6. The number of hydrogen-bond acceptors (Lipinski definition) is 5. The number of aromatic carboxylic acids is 1. The minimum atomic E-state index is -1.34. The molecule has 0 spiro atoms. The van der Waals surface area contributed by atoms with Gasteiger partial charge in [-0.1, -0.05) is 11.6 Å². The van der Waals surface area contributed by atoms with Gasteiger partial charge in [-0.05, 0) is 31.4 Å². The molecule has 0 unspecified atom stereocenters. The monoisotopic (exact) mass is 421 g/mol. The predicted octanol–water partition coefficient (Wildman–Crippen LogP) is 2.84. The summed E-state index contributed by atoms with van der Waals surface area (Å²) < 4.78 is 22.8. The van der Waals surface area contributed by atoms with Crippen LogP contribution in [0.3, 0.4) is 0 Å². The van der Waals surface area contributed by atoms with Crippen LogP contribution in [0.4, 0.5) is 10.1 Å². The second kappa shape index (κ2) is 7.35. The number of carboxylic acids is 1. The van der Waals surface area contributed by atoms with Gasteiger partial charge >= 0.3 is 5.97 Å². The van der Waals surface area contributed by atoms with Crippen LogP contribution in [0.1, 0.15) is 36.2 Å². The third kappa shape index (κ3) is 3.16. The summed E-state index contributed by atoms with van der Waals surface area (Å²) in [6.07, 6.45) is 2.89. The minimum absolute atomic E-state index is 0.000431. The molecule has 154 valence electrons. The number of hydrogen-bond donors (Lipinski definition) is 2. The number of halogens is 2. The largest absolute Gasteiger partial charge is 0.487 e. The third-order valence-electron chi connectivity index (χ3n) is 5.54. The number of carbonyl (C=O) groups is 1. The molecule has 2 aliphatic heterocycles. The van der Waals surface area contributed by atoms with Crippen molar-refractivity contribution in [2.75, 3.05) is 31.1 Å². The Labute approximate surface area is 171 Å². The Hall–Kier alpha value is -2.58. The Bertz CT molecular complexity index is 1110. The molecular weight excluding hydrogens is 401 g/mol. The van der Waals surface area contributed by atoms with Crippen LogP contribution in [0.2, 0.25) is 0 Å². The van der Waals surface area contributed by atoms with Gasteiger partial charge in [-0.3, -0.25) is 4.79 Å². The quantitative estimate of drug-likeness (QED) is 0.790. The maximum absolute atomic E-state index is 15.2. The van der Waals surface area contributed by atoms with E-state index in [1.54, 1.807) is 4.57 Å². The predicted molar refractivity (Wildman–Crippen MR) is 109 cm³/mol. The first-order valence-corrected chi connectivity index (χ1v) is 9.80. The molecule has 2 aromatic rings. The van der Waals surface area contributed by atoms with E-state index in [2.05, 4.69) is 0 Å². The van der Waals surface area contributed by atoms with Crippen molar-refractivity contribution in [3.63, 3.8) is 0 Å². The van der Waals surface area contributed by atoms with Crippen molar-refractivity contribution in [2.24, 2.45) is 5.73 Å². The summed E-state index contributed by atoms with van der Waals surface area (Å²) >= 11 is 6.23. The first-order chi connectivity index (χ1) is 13.8. The number of nitrogens with zero attached hydrogens (tertiary/aromatic N) is 2. The van der Waals surface area contributed by atoms with Crippen molar-refractivity contribution in [2.45, 2.75) is 25.8 Å². The second-order valence-corrected chi connectivity index (χ2v) is 7.87. The molecule has 1 aromatic carbocycles. The fourth-order valence-electron chi connectivity index (χ4n) is 4.09. The fourth-order valence-corrected chi connectivity index (χ4v) is 4.24. The number of pyridine rings is 1. The van der Waals surface area contributed by atoms with Gasteiger partial charge in [0.05, 0.1) is 16.9 Å². The van der Waals surface area contributed by atoms with E-state index >= 15 is 4.39 Å². The van der Waals surface area contributed by atoms with E-state index in [0.717, 1.165) is 24.5 Å². The number of carboxylic acid groups (broad SMARTS) is 1. The molecule has 0 radical (unpaired) electrons. The van der Waals surface area contributed by atoms with E-state index in [0.29, 0.717) is 23.6 Å². The number of ether oxygens (including phenoxy) is 1. The average molecular weight is 422 g/mol. The number of nitrogens with two attached hydrogens (primary N) is 1. The van der Waals surface area contributed by atoms with Crippen molar-refractivity contribution in [3.8, 4) is 5.75 Å². The van der Waals surface area contributed by atoms with E-state index in [-0.39, 0.29) is 41.6 Å². The molecule has 0 aliphatic carbocycles. The maximum atomic E-state index is 15.2. The second-order valence-electron chi connectivity index (χ2n) is 7.41. The van der Waals surface area contributed by atoms with Gasteiger partial charge in [0.1, 0.15) is 17.9 Å². The van der Waals surface area contributed by atoms with Crippen LogP contribution >= 0.6 is 11.6 Å². The number of anilines is 1. The smallest absolute Gasteiger partial charge is 0.341 e. The molecule has 9 heteroatoms. The van der Waals surface area contributed by atoms with E-state index in [1.807, 2.05) is 11.8 Å². The summed E-state index contributed by atoms with van der Waals surface area (Å²) in [6, 6.07) is 0.911. The lowest BCUT2D eigenvalue weighted by molar-refractivity contribution is 0.0694. The lowest BCUT2D eigenvalue weighted by atomic mass is 10.0. The van der Waals surface area contributed by atoms with Crippen molar-refractivity contribution in [1.29, 1.82) is 0 Å². The molecule has 1 saturated heterocycles. The molecule has 2 aliphatic rings. The molecule has 0 amide bonds. The first kappa shape index (κ1) is 19.7. The molecule has 0 saturated carbocycles. The Morgan fingerprint density at radius 2 is 2.24 bits per heavy atom. The van der Waals surface area contributed by atoms with Gasteiger partial charge in [-0.2, -0.15) is 0 Å². The van der Waals surface area contributed by atoms with Gasteiger partial charge in [-0.15, -0.1) is 0 Å².